The molecule has 1 aliphatic heterocycles. The van der Waals surface area contributed by atoms with Gasteiger partial charge in [-0.1, -0.05) is 12.1 Å². The Kier molecular flexibility index (Phi) is 2.79. The molecule has 1 aromatic rings. The zero-order valence-corrected chi connectivity index (χ0v) is 8.04. The van der Waals surface area contributed by atoms with E-state index in [1.54, 1.807) is 6.07 Å². The van der Waals surface area contributed by atoms with Crippen LogP contribution in [-0.4, -0.2) is 12.6 Å². The highest BCUT2D eigenvalue weighted by Gasteiger charge is 2.22. The van der Waals surface area contributed by atoms with E-state index in [2.05, 4.69) is 5.32 Å². The zero-order valence-electron chi connectivity index (χ0n) is 8.04. The molecule has 2 unspecified atom stereocenters. The third-order valence-electron chi connectivity index (χ3n) is 2.77. The Morgan fingerprint density at radius 3 is 3.00 bits per heavy atom. The van der Waals surface area contributed by atoms with E-state index in [-0.39, 0.29) is 11.9 Å². The first kappa shape index (κ1) is 9.62. The van der Waals surface area contributed by atoms with Gasteiger partial charge in [0.25, 0.3) is 0 Å². The van der Waals surface area contributed by atoms with E-state index in [9.17, 15) is 4.39 Å². The summed E-state index contributed by atoms with van der Waals surface area (Å²) >= 11 is 0. The van der Waals surface area contributed by atoms with Crippen LogP contribution in [0.4, 0.5) is 4.39 Å². The quantitative estimate of drug-likeness (QED) is 0.750. The fourth-order valence-corrected chi connectivity index (χ4v) is 1.96. The number of hydrogen-bond acceptors (Lipinski definition) is 2. The van der Waals surface area contributed by atoms with E-state index < -0.39 is 0 Å². The number of hydrogen-bond donors (Lipinski definition) is 2. The summed E-state index contributed by atoms with van der Waals surface area (Å²) in [5, 5.41) is 3.33. The van der Waals surface area contributed by atoms with Gasteiger partial charge in [-0.25, -0.2) is 4.39 Å². The molecule has 0 saturated carbocycles. The van der Waals surface area contributed by atoms with Crippen LogP contribution in [-0.2, 0) is 0 Å². The first-order valence-corrected chi connectivity index (χ1v) is 5.02. The molecule has 1 aromatic carbocycles. The molecule has 1 aliphatic rings. The maximum Gasteiger partial charge on any atom is 0.123 e. The van der Waals surface area contributed by atoms with E-state index >= 15 is 0 Å². The van der Waals surface area contributed by atoms with E-state index in [0.29, 0.717) is 6.04 Å². The van der Waals surface area contributed by atoms with Crippen LogP contribution in [0, 0.1) is 5.82 Å². The van der Waals surface area contributed by atoms with Gasteiger partial charge < -0.3 is 11.1 Å². The standard InChI is InChI=1S/C11H15FN2/c12-9-4-1-3-8(7-9)11(13)10-5-2-6-14-10/h1,3-4,7,10-11,14H,2,5-6,13H2. The predicted molar refractivity (Wildman–Crippen MR) is 54.4 cm³/mol. The molecule has 1 fully saturated rings. The van der Waals surface area contributed by atoms with E-state index in [1.165, 1.54) is 12.1 Å². The van der Waals surface area contributed by atoms with Crippen LogP contribution in [0.3, 0.4) is 0 Å². The highest BCUT2D eigenvalue weighted by atomic mass is 19.1. The van der Waals surface area contributed by atoms with E-state index in [0.717, 1.165) is 24.9 Å². The molecule has 0 spiro atoms. The Hall–Kier alpha value is -0.930. The second-order valence-corrected chi connectivity index (χ2v) is 3.78. The highest BCUT2D eigenvalue weighted by molar-refractivity contribution is 5.21. The summed E-state index contributed by atoms with van der Waals surface area (Å²) in [6.07, 6.45) is 2.24. The van der Waals surface area contributed by atoms with Gasteiger partial charge in [0, 0.05) is 12.1 Å². The summed E-state index contributed by atoms with van der Waals surface area (Å²) in [6, 6.07) is 6.76. The number of benzene rings is 1. The summed E-state index contributed by atoms with van der Waals surface area (Å²) in [6.45, 7) is 1.02. The molecule has 0 aromatic heterocycles. The number of nitrogens with two attached hydrogens (primary N) is 1. The number of halogens is 1. The first-order chi connectivity index (χ1) is 6.77. The van der Waals surface area contributed by atoms with Crippen molar-refractivity contribution in [1.82, 2.24) is 5.32 Å². The van der Waals surface area contributed by atoms with Gasteiger partial charge in [-0.2, -0.15) is 0 Å². The van der Waals surface area contributed by atoms with Crippen molar-refractivity contribution in [2.24, 2.45) is 5.73 Å². The highest BCUT2D eigenvalue weighted by Crippen LogP contribution is 2.21. The van der Waals surface area contributed by atoms with Gasteiger partial charge in [0.15, 0.2) is 0 Å². The van der Waals surface area contributed by atoms with Crippen molar-refractivity contribution in [3.05, 3.63) is 35.6 Å². The van der Waals surface area contributed by atoms with Crippen molar-refractivity contribution >= 4 is 0 Å². The minimum absolute atomic E-state index is 0.0896. The molecule has 0 amide bonds. The smallest absolute Gasteiger partial charge is 0.123 e. The van der Waals surface area contributed by atoms with Crippen LogP contribution in [0.15, 0.2) is 24.3 Å². The van der Waals surface area contributed by atoms with Gasteiger partial charge in [-0.3, -0.25) is 0 Å². The molecule has 14 heavy (non-hydrogen) atoms. The van der Waals surface area contributed by atoms with Crippen molar-refractivity contribution in [3.63, 3.8) is 0 Å². The average molecular weight is 194 g/mol. The molecule has 3 heteroatoms. The lowest BCUT2D eigenvalue weighted by Gasteiger charge is -2.19. The van der Waals surface area contributed by atoms with E-state index in [4.69, 9.17) is 5.73 Å². The SMILES string of the molecule is NC(c1cccc(F)c1)C1CCCN1. The van der Waals surface area contributed by atoms with Crippen molar-refractivity contribution < 1.29 is 4.39 Å². The van der Waals surface area contributed by atoms with Gasteiger partial charge in [0.1, 0.15) is 5.82 Å². The van der Waals surface area contributed by atoms with Crippen LogP contribution in [0.2, 0.25) is 0 Å². The Bertz CT molecular complexity index is 308. The van der Waals surface area contributed by atoms with E-state index in [1.807, 2.05) is 6.07 Å². The molecule has 1 saturated heterocycles. The fraction of sp³-hybridized carbons (Fsp3) is 0.455. The minimum Gasteiger partial charge on any atom is -0.323 e. The Labute approximate surface area is 83.3 Å². The summed E-state index contributed by atoms with van der Waals surface area (Å²) in [7, 11) is 0. The third-order valence-corrected chi connectivity index (χ3v) is 2.77. The topological polar surface area (TPSA) is 38.0 Å². The van der Waals surface area contributed by atoms with Crippen molar-refractivity contribution in [3.8, 4) is 0 Å². The van der Waals surface area contributed by atoms with Crippen LogP contribution >= 0.6 is 0 Å². The number of rotatable bonds is 2. The molecule has 2 nitrogen and oxygen atoms in total. The Balaban J connectivity index is 2.13. The van der Waals surface area contributed by atoms with Gasteiger partial charge in [0.05, 0.1) is 0 Å². The van der Waals surface area contributed by atoms with Crippen LogP contribution in [0.5, 0.6) is 0 Å². The predicted octanol–water partition coefficient (Wildman–Crippen LogP) is 1.58. The molecule has 2 atom stereocenters. The van der Waals surface area contributed by atoms with Crippen molar-refractivity contribution in [1.29, 1.82) is 0 Å². The summed E-state index contributed by atoms with van der Waals surface area (Å²) in [5.74, 6) is -0.212. The lowest BCUT2D eigenvalue weighted by Crippen LogP contribution is -2.34. The maximum atomic E-state index is 12.9. The summed E-state index contributed by atoms with van der Waals surface area (Å²) in [5.41, 5.74) is 6.92. The lowest BCUT2D eigenvalue weighted by atomic mass is 9.99. The monoisotopic (exact) mass is 194 g/mol. The molecule has 76 valence electrons. The lowest BCUT2D eigenvalue weighted by molar-refractivity contribution is 0.497. The minimum atomic E-state index is -0.212. The fourth-order valence-electron chi connectivity index (χ4n) is 1.96. The largest absolute Gasteiger partial charge is 0.323 e. The van der Waals surface area contributed by atoms with Gasteiger partial charge >= 0.3 is 0 Å². The van der Waals surface area contributed by atoms with Crippen LogP contribution in [0.25, 0.3) is 0 Å². The summed E-state index contributed by atoms with van der Waals surface area (Å²) in [4.78, 5) is 0. The third kappa shape index (κ3) is 1.94. The van der Waals surface area contributed by atoms with Crippen molar-refractivity contribution in [2.75, 3.05) is 6.54 Å². The van der Waals surface area contributed by atoms with Gasteiger partial charge in [-0.15, -0.1) is 0 Å². The molecule has 0 bridgehead atoms. The summed E-state index contributed by atoms with van der Waals surface area (Å²) < 4.78 is 12.9. The molecular formula is C11H15FN2. The van der Waals surface area contributed by atoms with Crippen molar-refractivity contribution in [2.45, 2.75) is 24.9 Å². The first-order valence-electron chi connectivity index (χ1n) is 5.02. The molecule has 2 rings (SSSR count). The second kappa shape index (κ2) is 4.07. The molecule has 1 heterocycles. The number of nitrogens with one attached hydrogen (secondary N) is 1. The molecule has 3 N–H and O–H groups in total. The molecular weight excluding hydrogens is 179 g/mol. The normalized spacial score (nSPS) is 23.7. The maximum absolute atomic E-state index is 12.9. The average Bonchev–Trinajstić information content (AvgIpc) is 2.69. The van der Waals surface area contributed by atoms with Crippen LogP contribution < -0.4 is 11.1 Å². The zero-order chi connectivity index (χ0) is 9.97. The molecule has 0 radical (unpaired) electrons. The van der Waals surface area contributed by atoms with Gasteiger partial charge in [-0.05, 0) is 37.1 Å². The van der Waals surface area contributed by atoms with Gasteiger partial charge in [0.2, 0.25) is 0 Å². The van der Waals surface area contributed by atoms with Crippen LogP contribution in [0.1, 0.15) is 24.4 Å². The molecule has 0 aliphatic carbocycles. The Morgan fingerprint density at radius 2 is 2.36 bits per heavy atom. The Morgan fingerprint density at radius 1 is 1.50 bits per heavy atom. The second-order valence-electron chi connectivity index (χ2n) is 3.78.